The van der Waals surface area contributed by atoms with E-state index in [1.54, 1.807) is 6.20 Å². The van der Waals surface area contributed by atoms with Gasteiger partial charge < -0.3 is 5.32 Å². The third-order valence-corrected chi connectivity index (χ3v) is 3.00. The number of nitrogens with zero attached hydrogens (tertiary/aromatic N) is 2. The van der Waals surface area contributed by atoms with Crippen LogP contribution in [-0.2, 0) is 0 Å². The zero-order valence-electron chi connectivity index (χ0n) is 10.6. The van der Waals surface area contributed by atoms with E-state index in [-0.39, 0.29) is 11.6 Å². The Hall–Kier alpha value is -1.10. The van der Waals surface area contributed by atoms with E-state index >= 15 is 0 Å². The van der Waals surface area contributed by atoms with Crippen LogP contribution >= 0.6 is 15.9 Å². The second kappa shape index (κ2) is 6.00. The molecular weight excluding hydrogens is 282 g/mol. The van der Waals surface area contributed by atoms with E-state index in [4.69, 9.17) is 0 Å². The second-order valence-electron chi connectivity index (χ2n) is 4.38. The van der Waals surface area contributed by atoms with Crippen LogP contribution in [0.4, 0.5) is 5.69 Å². The molecule has 1 N–H and O–H groups in total. The number of halogens is 1. The van der Waals surface area contributed by atoms with Crippen molar-refractivity contribution in [1.82, 2.24) is 9.78 Å². The molecule has 0 saturated heterocycles. The van der Waals surface area contributed by atoms with Gasteiger partial charge in [0.2, 0.25) is 0 Å². The van der Waals surface area contributed by atoms with Crippen molar-refractivity contribution >= 4 is 21.6 Å². The Morgan fingerprint density at radius 1 is 1.59 bits per heavy atom. The summed E-state index contributed by atoms with van der Waals surface area (Å²) in [5.74, 6) is 0. The van der Waals surface area contributed by atoms with Gasteiger partial charge in [-0.15, -0.1) is 0 Å². The molecule has 4 nitrogen and oxygen atoms in total. The van der Waals surface area contributed by atoms with Crippen LogP contribution in [-0.4, -0.2) is 16.3 Å². The Bertz CT molecular complexity index is 473. The molecule has 1 heterocycles. The second-order valence-corrected chi connectivity index (χ2v) is 5.17. The summed E-state index contributed by atoms with van der Waals surface area (Å²) in [6.45, 7) is 8.61. The number of allylic oxidation sites excluding steroid dienone is 1. The minimum absolute atomic E-state index is 0.0608. The predicted molar refractivity (Wildman–Crippen MR) is 74.5 cm³/mol. The van der Waals surface area contributed by atoms with Gasteiger partial charge >= 0.3 is 0 Å². The predicted octanol–water partition coefficient (Wildman–Crippen LogP) is 2.96. The van der Waals surface area contributed by atoms with Crippen LogP contribution in [0, 0.1) is 0 Å². The fourth-order valence-electron chi connectivity index (χ4n) is 1.30. The van der Waals surface area contributed by atoms with Gasteiger partial charge in [-0.2, -0.15) is 5.10 Å². The van der Waals surface area contributed by atoms with E-state index < -0.39 is 0 Å². The molecule has 5 heteroatoms. The molecule has 1 aromatic rings. The number of hydrogen-bond acceptors (Lipinski definition) is 3. The standard InChI is InChI=1S/C12H18BrN3O/c1-8(2)5-6-14-10-7-15-16(9(3)4)12(17)11(10)13/h5,7,9,14H,6H2,1-4H3. The van der Waals surface area contributed by atoms with Gasteiger partial charge in [-0.3, -0.25) is 4.79 Å². The molecule has 0 atom stereocenters. The lowest BCUT2D eigenvalue weighted by Gasteiger charge is -2.11. The lowest BCUT2D eigenvalue weighted by atomic mass is 10.3. The molecule has 17 heavy (non-hydrogen) atoms. The summed E-state index contributed by atoms with van der Waals surface area (Å²) in [7, 11) is 0. The maximum Gasteiger partial charge on any atom is 0.283 e. The van der Waals surface area contributed by atoms with Crippen LogP contribution in [0.3, 0.4) is 0 Å². The topological polar surface area (TPSA) is 46.9 Å². The van der Waals surface area contributed by atoms with Crippen LogP contribution in [0.2, 0.25) is 0 Å². The molecule has 0 bridgehead atoms. The van der Waals surface area contributed by atoms with Crippen molar-refractivity contribution in [3.63, 3.8) is 0 Å². The third-order valence-electron chi connectivity index (χ3n) is 2.24. The minimum Gasteiger partial charge on any atom is -0.379 e. The first kappa shape index (κ1) is 14.0. The van der Waals surface area contributed by atoms with Crippen LogP contribution in [0.5, 0.6) is 0 Å². The smallest absolute Gasteiger partial charge is 0.283 e. The average molecular weight is 300 g/mol. The number of rotatable bonds is 4. The molecule has 0 radical (unpaired) electrons. The molecule has 0 aliphatic heterocycles. The van der Waals surface area contributed by atoms with Crippen molar-refractivity contribution in [2.45, 2.75) is 33.7 Å². The van der Waals surface area contributed by atoms with Crippen LogP contribution in [0.15, 0.2) is 27.1 Å². The van der Waals surface area contributed by atoms with Gasteiger partial charge in [0.15, 0.2) is 0 Å². The number of anilines is 1. The lowest BCUT2D eigenvalue weighted by molar-refractivity contribution is 0.501. The first-order valence-electron chi connectivity index (χ1n) is 5.58. The van der Waals surface area contributed by atoms with Crippen molar-refractivity contribution in [3.8, 4) is 0 Å². The number of nitrogens with one attached hydrogen (secondary N) is 1. The summed E-state index contributed by atoms with van der Waals surface area (Å²) in [5, 5.41) is 7.28. The minimum atomic E-state index is -0.109. The van der Waals surface area contributed by atoms with Crippen molar-refractivity contribution < 1.29 is 0 Å². The van der Waals surface area contributed by atoms with Crippen LogP contribution < -0.4 is 10.9 Å². The molecule has 0 spiro atoms. The Morgan fingerprint density at radius 3 is 2.76 bits per heavy atom. The first-order chi connectivity index (χ1) is 7.93. The summed E-state index contributed by atoms with van der Waals surface area (Å²) in [5.41, 5.74) is 1.85. The van der Waals surface area contributed by atoms with Crippen molar-refractivity contribution in [2.75, 3.05) is 11.9 Å². The zero-order chi connectivity index (χ0) is 13.0. The molecule has 1 rings (SSSR count). The highest BCUT2D eigenvalue weighted by atomic mass is 79.9. The molecule has 0 unspecified atom stereocenters. The first-order valence-corrected chi connectivity index (χ1v) is 6.37. The molecule has 0 aliphatic rings. The lowest BCUT2D eigenvalue weighted by Crippen LogP contribution is -2.26. The Kier molecular flexibility index (Phi) is 4.93. The van der Waals surface area contributed by atoms with Crippen LogP contribution in [0.1, 0.15) is 33.7 Å². The number of aromatic nitrogens is 2. The molecule has 0 amide bonds. The van der Waals surface area contributed by atoms with Gasteiger partial charge in [-0.1, -0.05) is 11.6 Å². The van der Waals surface area contributed by atoms with Gasteiger partial charge in [0, 0.05) is 6.54 Å². The quantitative estimate of drug-likeness (QED) is 0.870. The highest BCUT2D eigenvalue weighted by Crippen LogP contribution is 2.16. The molecule has 1 aromatic heterocycles. The normalized spacial score (nSPS) is 10.5. The summed E-state index contributed by atoms with van der Waals surface area (Å²) < 4.78 is 1.99. The van der Waals surface area contributed by atoms with E-state index in [2.05, 4.69) is 32.4 Å². The van der Waals surface area contributed by atoms with E-state index in [9.17, 15) is 4.79 Å². The summed E-state index contributed by atoms with van der Waals surface area (Å²) in [6, 6.07) is 0.0608. The van der Waals surface area contributed by atoms with E-state index in [0.29, 0.717) is 11.0 Å². The summed E-state index contributed by atoms with van der Waals surface area (Å²) in [4.78, 5) is 11.9. The van der Waals surface area contributed by atoms with Gasteiger partial charge in [-0.25, -0.2) is 4.68 Å². The number of hydrogen-bond donors (Lipinski definition) is 1. The Morgan fingerprint density at radius 2 is 2.24 bits per heavy atom. The van der Waals surface area contributed by atoms with Crippen molar-refractivity contribution in [1.29, 1.82) is 0 Å². The zero-order valence-corrected chi connectivity index (χ0v) is 12.2. The fraction of sp³-hybridized carbons (Fsp3) is 0.500. The monoisotopic (exact) mass is 299 g/mol. The molecular formula is C12H18BrN3O. The Labute approximate surface area is 110 Å². The van der Waals surface area contributed by atoms with Gasteiger partial charge in [0.1, 0.15) is 4.47 Å². The van der Waals surface area contributed by atoms with Gasteiger partial charge in [0.25, 0.3) is 5.56 Å². The van der Waals surface area contributed by atoms with Crippen LogP contribution in [0.25, 0.3) is 0 Å². The molecule has 94 valence electrons. The Balaban J connectivity index is 2.93. The molecule has 0 fully saturated rings. The summed E-state index contributed by atoms with van der Waals surface area (Å²) in [6.07, 6.45) is 3.73. The van der Waals surface area contributed by atoms with Gasteiger partial charge in [-0.05, 0) is 43.6 Å². The highest BCUT2D eigenvalue weighted by Gasteiger charge is 2.09. The van der Waals surface area contributed by atoms with Crippen molar-refractivity contribution in [2.24, 2.45) is 0 Å². The van der Waals surface area contributed by atoms with E-state index in [1.807, 2.05) is 27.7 Å². The third kappa shape index (κ3) is 3.70. The van der Waals surface area contributed by atoms with E-state index in [1.165, 1.54) is 10.3 Å². The largest absolute Gasteiger partial charge is 0.379 e. The maximum atomic E-state index is 11.9. The molecule has 0 saturated carbocycles. The SMILES string of the molecule is CC(C)=CCNc1cnn(C(C)C)c(=O)c1Br. The maximum absolute atomic E-state index is 11.9. The van der Waals surface area contributed by atoms with Crippen molar-refractivity contribution in [3.05, 3.63) is 32.7 Å². The fourth-order valence-corrected chi connectivity index (χ4v) is 1.73. The van der Waals surface area contributed by atoms with Gasteiger partial charge in [0.05, 0.1) is 17.9 Å². The van der Waals surface area contributed by atoms with E-state index in [0.717, 1.165) is 5.69 Å². The highest BCUT2D eigenvalue weighted by molar-refractivity contribution is 9.10. The molecule has 0 aliphatic carbocycles. The summed E-state index contributed by atoms with van der Waals surface area (Å²) >= 11 is 3.31. The average Bonchev–Trinajstić information content (AvgIpc) is 2.23. The molecule has 0 aromatic carbocycles.